The van der Waals surface area contributed by atoms with Gasteiger partial charge in [0.15, 0.2) is 10.7 Å². The van der Waals surface area contributed by atoms with Gasteiger partial charge in [-0.2, -0.15) is 0 Å². The molecule has 0 aliphatic carbocycles. The summed E-state index contributed by atoms with van der Waals surface area (Å²) in [5.74, 6) is -0.438. The number of para-hydroxylation sites is 2. The molecule has 1 N–H and O–H groups in total. The summed E-state index contributed by atoms with van der Waals surface area (Å²) in [5.41, 5.74) is 2.62. The van der Waals surface area contributed by atoms with Crippen LogP contribution in [0.3, 0.4) is 0 Å². The first-order valence-corrected chi connectivity index (χ1v) is 10.3. The fourth-order valence-corrected chi connectivity index (χ4v) is 4.07. The van der Waals surface area contributed by atoms with Gasteiger partial charge in [-0.3, -0.25) is 4.79 Å². The van der Waals surface area contributed by atoms with Gasteiger partial charge in [-0.1, -0.05) is 35.2 Å². The quantitative estimate of drug-likeness (QED) is 0.371. The van der Waals surface area contributed by atoms with Crippen LogP contribution in [-0.2, 0) is 9.53 Å². The molecule has 28 heavy (non-hydrogen) atoms. The molecule has 0 saturated heterocycles. The molecule has 0 bridgehead atoms. The maximum Gasteiger partial charge on any atom is 0.338 e. The number of carbonyl (C=O) groups excluding carboxylic acids is 2. The minimum absolute atomic E-state index is 0.150. The molecule has 9 heteroatoms. The zero-order chi connectivity index (χ0) is 19.5. The molecular formula is C19H15N3O4S2. The van der Waals surface area contributed by atoms with E-state index in [9.17, 15) is 9.59 Å². The van der Waals surface area contributed by atoms with Crippen molar-refractivity contribution < 1.29 is 18.7 Å². The van der Waals surface area contributed by atoms with Gasteiger partial charge in [-0.15, -0.1) is 0 Å². The highest BCUT2D eigenvalue weighted by atomic mass is 32.2. The molecule has 2 heterocycles. The fourth-order valence-electron chi connectivity index (χ4n) is 2.51. The highest BCUT2D eigenvalue weighted by Crippen LogP contribution is 2.28. The number of hydrogen-bond acceptors (Lipinski definition) is 8. The summed E-state index contributed by atoms with van der Waals surface area (Å²) in [5, 5.41) is 3.69. The largest absolute Gasteiger partial charge is 0.462 e. The predicted octanol–water partition coefficient (Wildman–Crippen LogP) is 4.35. The smallest absolute Gasteiger partial charge is 0.338 e. The number of fused-ring (bicyclic) bond motifs is 2. The van der Waals surface area contributed by atoms with E-state index in [4.69, 9.17) is 9.15 Å². The van der Waals surface area contributed by atoms with Gasteiger partial charge in [0, 0.05) is 0 Å². The van der Waals surface area contributed by atoms with Crippen molar-refractivity contribution in [2.24, 2.45) is 0 Å². The lowest BCUT2D eigenvalue weighted by molar-refractivity contribution is -0.113. The van der Waals surface area contributed by atoms with Crippen molar-refractivity contribution in [3.05, 3.63) is 48.0 Å². The number of anilines is 1. The predicted molar refractivity (Wildman–Crippen MR) is 109 cm³/mol. The van der Waals surface area contributed by atoms with Crippen LogP contribution in [0.1, 0.15) is 17.3 Å². The van der Waals surface area contributed by atoms with Crippen molar-refractivity contribution in [2.45, 2.75) is 12.1 Å². The van der Waals surface area contributed by atoms with Crippen molar-refractivity contribution in [3.8, 4) is 0 Å². The third-order valence-electron chi connectivity index (χ3n) is 3.75. The Morgan fingerprint density at radius 3 is 2.86 bits per heavy atom. The van der Waals surface area contributed by atoms with Gasteiger partial charge < -0.3 is 14.5 Å². The number of nitrogens with zero attached hydrogens (tertiary/aromatic N) is 2. The third kappa shape index (κ3) is 4.00. The van der Waals surface area contributed by atoms with Crippen LogP contribution in [0.4, 0.5) is 5.13 Å². The van der Waals surface area contributed by atoms with Gasteiger partial charge in [0.25, 0.3) is 5.22 Å². The third-order valence-corrected chi connectivity index (χ3v) is 5.51. The SMILES string of the molecule is CCOC(=O)c1ccc2nc(NC(=O)CSc3nc4ccccc4o3)sc2c1. The normalized spacial score (nSPS) is 11.0. The van der Waals surface area contributed by atoms with Crippen molar-refractivity contribution in [3.63, 3.8) is 0 Å². The van der Waals surface area contributed by atoms with E-state index in [0.717, 1.165) is 10.2 Å². The van der Waals surface area contributed by atoms with E-state index >= 15 is 0 Å². The van der Waals surface area contributed by atoms with Crippen LogP contribution >= 0.6 is 23.1 Å². The second-order valence-corrected chi connectivity index (χ2v) is 7.66. The van der Waals surface area contributed by atoms with E-state index in [1.807, 2.05) is 24.3 Å². The molecule has 7 nitrogen and oxygen atoms in total. The van der Waals surface area contributed by atoms with Crippen LogP contribution in [0.15, 0.2) is 52.1 Å². The molecule has 2 aromatic heterocycles. The Bertz CT molecular complexity index is 1140. The highest BCUT2D eigenvalue weighted by molar-refractivity contribution is 7.99. The molecule has 0 aliphatic heterocycles. The maximum absolute atomic E-state index is 12.2. The molecule has 2 aromatic carbocycles. The number of hydrogen-bond donors (Lipinski definition) is 1. The number of ether oxygens (including phenoxy) is 1. The van der Waals surface area contributed by atoms with E-state index in [0.29, 0.717) is 33.6 Å². The maximum atomic E-state index is 12.2. The monoisotopic (exact) mass is 413 g/mol. The summed E-state index contributed by atoms with van der Waals surface area (Å²) in [6.45, 7) is 2.08. The first-order valence-electron chi connectivity index (χ1n) is 8.48. The number of thioether (sulfide) groups is 1. The van der Waals surface area contributed by atoms with Gasteiger partial charge in [0.1, 0.15) is 5.52 Å². The Morgan fingerprint density at radius 2 is 2.04 bits per heavy atom. The van der Waals surface area contributed by atoms with Crippen LogP contribution in [0.5, 0.6) is 0 Å². The van der Waals surface area contributed by atoms with E-state index in [-0.39, 0.29) is 17.6 Å². The summed E-state index contributed by atoms with van der Waals surface area (Å²) >= 11 is 2.52. The fraction of sp³-hybridized carbons (Fsp3) is 0.158. The molecule has 0 spiro atoms. The lowest BCUT2D eigenvalue weighted by atomic mass is 10.2. The molecule has 0 unspecified atom stereocenters. The van der Waals surface area contributed by atoms with Crippen LogP contribution in [0, 0.1) is 0 Å². The van der Waals surface area contributed by atoms with E-state index in [2.05, 4.69) is 15.3 Å². The molecule has 142 valence electrons. The molecule has 4 aromatic rings. The second kappa shape index (κ2) is 7.99. The average Bonchev–Trinajstić information content (AvgIpc) is 3.28. The van der Waals surface area contributed by atoms with E-state index < -0.39 is 0 Å². The summed E-state index contributed by atoms with van der Waals surface area (Å²) in [6, 6.07) is 12.6. The first kappa shape index (κ1) is 18.5. The Balaban J connectivity index is 1.40. The molecule has 0 saturated carbocycles. The molecule has 0 radical (unpaired) electrons. The summed E-state index contributed by atoms with van der Waals surface area (Å²) in [6.07, 6.45) is 0. The lowest BCUT2D eigenvalue weighted by Crippen LogP contribution is -2.13. The summed E-state index contributed by atoms with van der Waals surface area (Å²) < 4.78 is 11.4. The van der Waals surface area contributed by atoms with Crippen molar-refractivity contribution in [1.82, 2.24) is 9.97 Å². The van der Waals surface area contributed by atoms with Gasteiger partial charge >= 0.3 is 5.97 Å². The number of esters is 1. The van der Waals surface area contributed by atoms with Gasteiger partial charge in [0.2, 0.25) is 5.91 Å². The van der Waals surface area contributed by atoms with Gasteiger partial charge in [0.05, 0.1) is 28.1 Å². The van der Waals surface area contributed by atoms with Gasteiger partial charge in [-0.25, -0.2) is 14.8 Å². The van der Waals surface area contributed by atoms with E-state index in [1.165, 1.54) is 23.1 Å². The Labute approximate surface area is 168 Å². The number of benzene rings is 2. The number of amides is 1. The van der Waals surface area contributed by atoms with E-state index in [1.54, 1.807) is 25.1 Å². The number of oxazole rings is 1. The number of carbonyl (C=O) groups is 2. The number of rotatable bonds is 6. The Kier molecular flexibility index (Phi) is 5.27. The summed E-state index contributed by atoms with van der Waals surface area (Å²) in [4.78, 5) is 32.8. The number of nitrogens with one attached hydrogen (secondary N) is 1. The Hall–Kier alpha value is -2.91. The van der Waals surface area contributed by atoms with Crippen molar-refractivity contribution in [2.75, 3.05) is 17.7 Å². The van der Waals surface area contributed by atoms with Crippen LogP contribution < -0.4 is 5.32 Å². The van der Waals surface area contributed by atoms with Crippen LogP contribution in [0.2, 0.25) is 0 Å². The lowest BCUT2D eigenvalue weighted by Gasteiger charge is -2.00. The molecule has 1 amide bonds. The number of aromatic nitrogens is 2. The molecule has 0 atom stereocenters. The number of thiazole rings is 1. The molecule has 0 fully saturated rings. The second-order valence-electron chi connectivity index (χ2n) is 5.71. The molecule has 4 rings (SSSR count). The topological polar surface area (TPSA) is 94.3 Å². The van der Waals surface area contributed by atoms with Gasteiger partial charge in [-0.05, 0) is 37.3 Å². The molecular weight excluding hydrogens is 398 g/mol. The average molecular weight is 413 g/mol. The van der Waals surface area contributed by atoms with Crippen molar-refractivity contribution in [1.29, 1.82) is 0 Å². The van der Waals surface area contributed by atoms with Crippen LogP contribution in [0.25, 0.3) is 21.3 Å². The van der Waals surface area contributed by atoms with Crippen molar-refractivity contribution >= 4 is 61.4 Å². The zero-order valence-electron chi connectivity index (χ0n) is 14.8. The van der Waals surface area contributed by atoms with Crippen LogP contribution in [-0.4, -0.2) is 34.2 Å². The first-order chi connectivity index (χ1) is 13.6. The minimum Gasteiger partial charge on any atom is -0.462 e. The highest BCUT2D eigenvalue weighted by Gasteiger charge is 2.13. The molecule has 0 aliphatic rings. The standard InChI is InChI=1S/C19H15N3O4S2/c1-2-25-17(24)11-7-8-13-15(9-11)28-18(20-13)22-16(23)10-27-19-21-12-5-3-4-6-14(12)26-19/h3-9H,2,10H2,1H3,(H,20,22,23). The summed E-state index contributed by atoms with van der Waals surface area (Å²) in [7, 11) is 0. The zero-order valence-corrected chi connectivity index (χ0v) is 16.4. The Morgan fingerprint density at radius 1 is 1.18 bits per heavy atom. The minimum atomic E-state index is -0.377.